The lowest BCUT2D eigenvalue weighted by atomic mass is 10.1. The minimum absolute atomic E-state index is 0.198. The maximum Gasteiger partial charge on any atom is 0.263 e. The predicted octanol–water partition coefficient (Wildman–Crippen LogP) is 7.20. The zero-order valence-electron chi connectivity index (χ0n) is 16.8. The van der Waals surface area contributed by atoms with E-state index in [1.165, 1.54) is 12.1 Å². The van der Waals surface area contributed by atoms with Crippen molar-refractivity contribution in [1.29, 1.82) is 0 Å². The topological polar surface area (TPSA) is 25.2 Å². The number of amides is 1. The lowest BCUT2D eigenvalue weighted by Crippen LogP contribution is -2.21. The van der Waals surface area contributed by atoms with E-state index in [4.69, 9.17) is 23.2 Å². The molecule has 0 aliphatic carbocycles. The van der Waals surface area contributed by atoms with Crippen LogP contribution in [0, 0.1) is 5.82 Å². The maximum absolute atomic E-state index is 13.6. The zero-order valence-corrected chi connectivity index (χ0v) is 18.3. The molecule has 1 aromatic heterocycles. The summed E-state index contributed by atoms with van der Waals surface area (Å²) in [6, 6.07) is 23.0. The van der Waals surface area contributed by atoms with Gasteiger partial charge in [0.2, 0.25) is 0 Å². The molecule has 2 heterocycles. The van der Waals surface area contributed by atoms with Crippen LogP contribution in [0.5, 0.6) is 0 Å². The number of fused-ring (bicyclic) bond motifs is 1. The molecule has 1 aliphatic heterocycles. The number of aromatic nitrogens is 1. The van der Waals surface area contributed by atoms with Crippen molar-refractivity contribution >= 4 is 52.1 Å². The third-order valence-corrected chi connectivity index (χ3v) is 6.06. The Kier molecular flexibility index (Phi) is 5.33. The largest absolute Gasteiger partial charge is 0.344 e. The number of para-hydroxylation sites is 2. The van der Waals surface area contributed by atoms with Crippen LogP contribution in [-0.4, -0.2) is 10.5 Å². The molecular formula is C26H17Cl2FN2O. The number of halogens is 3. The Morgan fingerprint density at radius 3 is 2.31 bits per heavy atom. The van der Waals surface area contributed by atoms with Gasteiger partial charge in [0.05, 0.1) is 27.0 Å². The first kappa shape index (κ1) is 20.6. The fourth-order valence-corrected chi connectivity index (χ4v) is 4.51. The smallest absolute Gasteiger partial charge is 0.263 e. The standard InChI is InChI=1S/C26H17Cl2FN2O/c27-22-7-3-8-23(28)25(22)31-24-9-2-1-6-20(24)21(26(31)32)15-19-5-4-14-30(19)16-17-10-12-18(29)13-11-17/h1-15H,16H2/b21-15-. The number of hydrogen-bond acceptors (Lipinski definition) is 1. The Bertz CT molecular complexity index is 1340. The summed E-state index contributed by atoms with van der Waals surface area (Å²) in [7, 11) is 0. The van der Waals surface area contributed by atoms with Crippen molar-refractivity contribution in [2.45, 2.75) is 6.54 Å². The number of carbonyl (C=O) groups is 1. The fourth-order valence-electron chi connectivity index (χ4n) is 3.94. The fraction of sp³-hybridized carbons (Fsp3) is 0.0385. The van der Waals surface area contributed by atoms with Gasteiger partial charge < -0.3 is 4.57 Å². The lowest BCUT2D eigenvalue weighted by Gasteiger charge is -2.20. The molecule has 158 valence electrons. The van der Waals surface area contributed by atoms with Gasteiger partial charge in [0.1, 0.15) is 5.82 Å². The molecule has 0 fully saturated rings. The number of nitrogens with zero attached hydrogens (tertiary/aromatic N) is 2. The molecule has 0 spiro atoms. The van der Waals surface area contributed by atoms with Gasteiger partial charge in [-0.2, -0.15) is 0 Å². The summed E-state index contributed by atoms with van der Waals surface area (Å²) in [5.74, 6) is -0.467. The molecule has 1 amide bonds. The summed E-state index contributed by atoms with van der Waals surface area (Å²) in [4.78, 5) is 15.2. The van der Waals surface area contributed by atoms with Crippen LogP contribution in [0.4, 0.5) is 15.8 Å². The van der Waals surface area contributed by atoms with Gasteiger partial charge in [0, 0.05) is 24.0 Å². The lowest BCUT2D eigenvalue weighted by molar-refractivity contribution is -0.112. The van der Waals surface area contributed by atoms with Gasteiger partial charge in [0.25, 0.3) is 5.91 Å². The van der Waals surface area contributed by atoms with Crippen molar-refractivity contribution in [3.8, 4) is 0 Å². The van der Waals surface area contributed by atoms with Crippen LogP contribution in [0.3, 0.4) is 0 Å². The predicted molar refractivity (Wildman–Crippen MR) is 128 cm³/mol. The van der Waals surface area contributed by atoms with Crippen LogP contribution in [0.2, 0.25) is 10.0 Å². The molecule has 0 radical (unpaired) electrons. The summed E-state index contributed by atoms with van der Waals surface area (Å²) >= 11 is 12.9. The molecule has 0 unspecified atom stereocenters. The molecular weight excluding hydrogens is 446 g/mol. The Morgan fingerprint density at radius 2 is 1.56 bits per heavy atom. The van der Waals surface area contributed by atoms with Gasteiger partial charge in [-0.1, -0.05) is 59.6 Å². The highest BCUT2D eigenvalue weighted by Gasteiger charge is 2.35. The van der Waals surface area contributed by atoms with Crippen LogP contribution in [0.1, 0.15) is 16.8 Å². The highest BCUT2D eigenvalue weighted by Crippen LogP contribution is 2.46. The normalized spacial score (nSPS) is 14.3. The van der Waals surface area contributed by atoms with Gasteiger partial charge in [-0.15, -0.1) is 0 Å². The van der Waals surface area contributed by atoms with Crippen LogP contribution in [0.15, 0.2) is 85.1 Å². The Labute approximate surface area is 194 Å². The Morgan fingerprint density at radius 1 is 0.844 bits per heavy atom. The number of anilines is 2. The molecule has 0 atom stereocenters. The van der Waals surface area contributed by atoms with E-state index in [9.17, 15) is 9.18 Å². The van der Waals surface area contributed by atoms with E-state index in [2.05, 4.69) is 0 Å². The molecule has 1 aliphatic rings. The summed E-state index contributed by atoms with van der Waals surface area (Å²) in [6.45, 7) is 0.558. The van der Waals surface area contributed by atoms with Crippen LogP contribution in [0.25, 0.3) is 11.6 Å². The Balaban J connectivity index is 1.58. The molecule has 0 N–H and O–H groups in total. The maximum atomic E-state index is 13.6. The van der Waals surface area contributed by atoms with Crippen molar-refractivity contribution in [2.24, 2.45) is 0 Å². The van der Waals surface area contributed by atoms with E-state index in [0.29, 0.717) is 27.9 Å². The van der Waals surface area contributed by atoms with Gasteiger partial charge in [0.15, 0.2) is 0 Å². The number of rotatable bonds is 4. The van der Waals surface area contributed by atoms with Gasteiger partial charge >= 0.3 is 0 Å². The number of carbonyl (C=O) groups excluding carboxylic acids is 1. The van der Waals surface area contributed by atoms with Crippen molar-refractivity contribution in [3.05, 3.63) is 118 Å². The second-order valence-corrected chi connectivity index (χ2v) is 8.29. The first-order valence-corrected chi connectivity index (χ1v) is 10.8. The van der Waals surface area contributed by atoms with E-state index in [-0.39, 0.29) is 11.7 Å². The zero-order chi connectivity index (χ0) is 22.2. The van der Waals surface area contributed by atoms with E-state index in [0.717, 1.165) is 22.5 Å². The van der Waals surface area contributed by atoms with Crippen molar-refractivity contribution in [2.75, 3.05) is 4.90 Å². The monoisotopic (exact) mass is 462 g/mol. The van der Waals surface area contributed by atoms with Crippen LogP contribution in [-0.2, 0) is 11.3 Å². The first-order chi connectivity index (χ1) is 15.5. The average Bonchev–Trinajstić information content (AvgIpc) is 3.33. The van der Waals surface area contributed by atoms with E-state index < -0.39 is 0 Å². The highest BCUT2D eigenvalue weighted by molar-refractivity contribution is 6.44. The summed E-state index contributed by atoms with van der Waals surface area (Å²) in [5, 5.41) is 0.808. The van der Waals surface area contributed by atoms with Crippen molar-refractivity contribution in [1.82, 2.24) is 4.57 Å². The average molecular weight is 463 g/mol. The van der Waals surface area contributed by atoms with E-state index >= 15 is 0 Å². The quantitative estimate of drug-likeness (QED) is 0.294. The third kappa shape index (κ3) is 3.62. The van der Waals surface area contributed by atoms with E-state index in [1.807, 2.05) is 53.2 Å². The van der Waals surface area contributed by atoms with Gasteiger partial charge in [-0.05, 0) is 54.1 Å². The SMILES string of the molecule is O=C1/C(=C\c2cccn2Cc2ccc(F)cc2)c2ccccc2N1c1c(Cl)cccc1Cl. The molecule has 6 heteroatoms. The minimum atomic E-state index is -0.268. The third-order valence-electron chi connectivity index (χ3n) is 5.45. The second-order valence-electron chi connectivity index (χ2n) is 7.47. The van der Waals surface area contributed by atoms with Crippen LogP contribution < -0.4 is 4.90 Å². The number of benzene rings is 3. The first-order valence-electron chi connectivity index (χ1n) is 10.0. The molecule has 3 nitrogen and oxygen atoms in total. The minimum Gasteiger partial charge on any atom is -0.344 e. The number of hydrogen-bond donors (Lipinski definition) is 0. The van der Waals surface area contributed by atoms with E-state index in [1.54, 1.807) is 35.2 Å². The highest BCUT2D eigenvalue weighted by atomic mass is 35.5. The summed E-state index contributed by atoms with van der Waals surface area (Å²) < 4.78 is 15.3. The van der Waals surface area contributed by atoms with Crippen LogP contribution >= 0.6 is 23.2 Å². The molecule has 0 saturated heterocycles. The Hall–Kier alpha value is -3.34. The molecule has 3 aromatic carbocycles. The second kappa shape index (κ2) is 8.30. The van der Waals surface area contributed by atoms with Crippen molar-refractivity contribution in [3.63, 3.8) is 0 Å². The molecule has 4 aromatic rings. The molecule has 5 rings (SSSR count). The molecule has 0 saturated carbocycles. The van der Waals surface area contributed by atoms with Gasteiger partial charge in [-0.3, -0.25) is 9.69 Å². The molecule has 0 bridgehead atoms. The summed E-state index contributed by atoms with van der Waals surface area (Å²) in [5.41, 5.74) is 4.39. The van der Waals surface area contributed by atoms with Gasteiger partial charge in [-0.25, -0.2) is 4.39 Å². The van der Waals surface area contributed by atoms with Crippen molar-refractivity contribution < 1.29 is 9.18 Å². The summed E-state index contributed by atoms with van der Waals surface area (Å²) in [6.07, 6.45) is 3.80. The molecule has 32 heavy (non-hydrogen) atoms.